The number of nitrogen functional groups attached to an aromatic ring is 1. The number of hydrazone groups is 1. The molecule has 1 aliphatic heterocycles. The van der Waals surface area contributed by atoms with Crippen LogP contribution in [-0.2, 0) is 6.54 Å². The first-order valence-electron chi connectivity index (χ1n) is 10.2. The number of benzene rings is 1. The molecule has 3 N–H and O–H groups in total. The van der Waals surface area contributed by atoms with Gasteiger partial charge in [-0.05, 0) is 55.7 Å². The second-order valence-corrected chi connectivity index (χ2v) is 7.61. The molecule has 2 aromatic heterocycles. The third-order valence-corrected chi connectivity index (χ3v) is 5.27. The summed E-state index contributed by atoms with van der Waals surface area (Å²) in [4.78, 5) is 15.4. The van der Waals surface area contributed by atoms with Gasteiger partial charge in [-0.25, -0.2) is 10.1 Å². The van der Waals surface area contributed by atoms with Crippen LogP contribution in [0.5, 0.6) is 0 Å². The Morgan fingerprint density at radius 1 is 1.19 bits per heavy atom. The molecule has 1 aliphatic rings. The van der Waals surface area contributed by atoms with E-state index in [0.29, 0.717) is 18.0 Å². The van der Waals surface area contributed by atoms with Gasteiger partial charge in [0.2, 0.25) is 11.6 Å². The van der Waals surface area contributed by atoms with E-state index in [-0.39, 0.29) is 29.7 Å². The maximum absolute atomic E-state index is 13.1. The molecule has 170 valence electrons. The van der Waals surface area contributed by atoms with Crippen LogP contribution in [0.3, 0.4) is 0 Å². The van der Waals surface area contributed by atoms with Gasteiger partial charge < -0.3 is 5.73 Å². The average Bonchev–Trinajstić information content (AvgIpc) is 3.38. The smallest absolute Gasteiger partial charge is 0.292 e. The zero-order valence-electron chi connectivity index (χ0n) is 18.0. The van der Waals surface area contributed by atoms with Gasteiger partial charge in [0.25, 0.3) is 5.91 Å². The molecule has 1 saturated heterocycles. The monoisotopic (exact) mass is 459 g/mol. The molecule has 0 atom stereocenters. The average molecular weight is 460 g/mol. The van der Waals surface area contributed by atoms with Crippen molar-refractivity contribution in [2.75, 3.05) is 18.8 Å². The summed E-state index contributed by atoms with van der Waals surface area (Å²) in [6.07, 6.45) is 3.45. The quantitative estimate of drug-likeness (QED) is 0.421. The summed E-state index contributed by atoms with van der Waals surface area (Å²) < 4.78 is 5.92. The molecule has 0 radical (unpaired) electrons. The lowest BCUT2D eigenvalue weighted by Gasteiger charge is -2.25. The van der Waals surface area contributed by atoms with Crippen LogP contribution in [0.2, 0.25) is 0 Å². The number of aromatic nitrogens is 5. The molecular formula is C20H26ClN9O2. The fraction of sp³-hybridized carbons (Fsp3) is 0.400. The molecule has 3 heterocycles. The number of carbonyl (C=O) groups excluding carboxylic acids is 1. The first-order valence-corrected chi connectivity index (χ1v) is 10.2. The summed E-state index contributed by atoms with van der Waals surface area (Å²) in [5.74, 6) is -0.338. The number of amides is 1. The summed E-state index contributed by atoms with van der Waals surface area (Å²) in [5, 5.41) is 19.9. The summed E-state index contributed by atoms with van der Waals surface area (Å²) in [6.45, 7) is 6.24. The van der Waals surface area contributed by atoms with Crippen LogP contribution in [0.4, 0.5) is 5.82 Å². The van der Waals surface area contributed by atoms with Crippen molar-refractivity contribution in [2.45, 2.75) is 39.7 Å². The van der Waals surface area contributed by atoms with Crippen LogP contribution >= 0.6 is 12.4 Å². The van der Waals surface area contributed by atoms with Crippen LogP contribution in [0.15, 0.2) is 34.0 Å². The molecule has 1 aromatic carbocycles. The van der Waals surface area contributed by atoms with Crippen molar-refractivity contribution >= 4 is 29.8 Å². The van der Waals surface area contributed by atoms with Gasteiger partial charge in [0.15, 0.2) is 5.69 Å². The van der Waals surface area contributed by atoms with Crippen LogP contribution in [-0.4, -0.2) is 54.9 Å². The number of hydrogen-bond donors (Lipinski definition) is 2. The first-order chi connectivity index (χ1) is 15.0. The predicted molar refractivity (Wildman–Crippen MR) is 121 cm³/mol. The highest BCUT2D eigenvalue weighted by Gasteiger charge is 2.26. The van der Waals surface area contributed by atoms with Crippen LogP contribution in [0, 0.1) is 6.92 Å². The SMILES string of the molecule is C/C(=N\NC(=O)c1c(CN2CCCCC2)nnn1-c1nonc1N)c1ccc(C)cc1.Cl. The van der Waals surface area contributed by atoms with Gasteiger partial charge in [0.05, 0.1) is 5.71 Å². The zero-order valence-corrected chi connectivity index (χ0v) is 18.8. The van der Waals surface area contributed by atoms with Crippen LogP contribution in [0.1, 0.15) is 53.5 Å². The number of nitrogens with one attached hydrogen (secondary N) is 1. The molecular weight excluding hydrogens is 434 g/mol. The number of nitrogens with two attached hydrogens (primary N) is 1. The van der Waals surface area contributed by atoms with E-state index in [1.165, 1.54) is 11.1 Å². The highest BCUT2D eigenvalue weighted by Crippen LogP contribution is 2.19. The fourth-order valence-corrected chi connectivity index (χ4v) is 3.51. The summed E-state index contributed by atoms with van der Waals surface area (Å²) in [5.41, 5.74) is 11.9. The lowest BCUT2D eigenvalue weighted by atomic mass is 10.1. The topological polar surface area (TPSA) is 140 Å². The lowest BCUT2D eigenvalue weighted by molar-refractivity contribution is 0.0944. The normalized spacial score (nSPS) is 14.8. The second-order valence-electron chi connectivity index (χ2n) is 7.61. The molecule has 0 saturated carbocycles. The number of nitrogens with zero attached hydrogens (tertiary/aromatic N) is 7. The number of halogens is 1. The highest BCUT2D eigenvalue weighted by atomic mass is 35.5. The number of likely N-dealkylation sites (tertiary alicyclic amines) is 1. The summed E-state index contributed by atoms with van der Waals surface area (Å²) in [6, 6.07) is 7.89. The van der Waals surface area contributed by atoms with Crippen molar-refractivity contribution in [3.05, 3.63) is 46.8 Å². The third kappa shape index (κ3) is 5.11. The molecule has 0 bridgehead atoms. The number of carbonyl (C=O) groups is 1. The molecule has 0 spiro atoms. The largest absolute Gasteiger partial charge is 0.378 e. The second kappa shape index (κ2) is 10.3. The molecule has 3 aromatic rings. The number of anilines is 1. The Labute approximate surface area is 191 Å². The van der Waals surface area contributed by atoms with E-state index in [9.17, 15) is 4.79 Å². The highest BCUT2D eigenvalue weighted by molar-refractivity contribution is 6.00. The maximum Gasteiger partial charge on any atom is 0.292 e. The van der Waals surface area contributed by atoms with Crippen molar-refractivity contribution in [1.82, 2.24) is 35.6 Å². The molecule has 1 amide bonds. The Bertz CT molecular complexity index is 1080. The Hall–Kier alpha value is -3.31. The maximum atomic E-state index is 13.1. The first kappa shape index (κ1) is 23.4. The standard InChI is InChI=1S/C20H25N9O2.ClH/c1-13-6-8-15(9-7-13)14(2)22-24-20(30)17-16(12-28-10-4-3-5-11-28)23-27-29(17)19-18(21)25-31-26-19;/h6-9H,3-5,10-12H2,1-2H3,(H2,21,25)(H,24,30);1H/b22-14+;. The van der Waals surface area contributed by atoms with Crippen LogP contribution < -0.4 is 11.2 Å². The Morgan fingerprint density at radius 2 is 1.91 bits per heavy atom. The van der Waals surface area contributed by atoms with E-state index < -0.39 is 5.91 Å². The van der Waals surface area contributed by atoms with Crippen molar-refractivity contribution in [2.24, 2.45) is 5.10 Å². The third-order valence-electron chi connectivity index (χ3n) is 5.27. The lowest BCUT2D eigenvalue weighted by Crippen LogP contribution is -2.31. The molecule has 0 unspecified atom stereocenters. The van der Waals surface area contributed by atoms with E-state index in [1.807, 2.05) is 38.1 Å². The number of hydrogen-bond acceptors (Lipinski definition) is 9. The summed E-state index contributed by atoms with van der Waals surface area (Å²) in [7, 11) is 0. The predicted octanol–water partition coefficient (Wildman–Crippen LogP) is 2.10. The summed E-state index contributed by atoms with van der Waals surface area (Å²) >= 11 is 0. The van der Waals surface area contributed by atoms with Crippen molar-refractivity contribution in [3.63, 3.8) is 0 Å². The van der Waals surface area contributed by atoms with E-state index in [2.05, 4.69) is 40.7 Å². The van der Waals surface area contributed by atoms with Gasteiger partial charge in [0, 0.05) is 6.54 Å². The molecule has 32 heavy (non-hydrogen) atoms. The minimum atomic E-state index is -0.467. The minimum Gasteiger partial charge on any atom is -0.378 e. The Kier molecular flexibility index (Phi) is 7.54. The van der Waals surface area contributed by atoms with E-state index in [1.54, 1.807) is 0 Å². The van der Waals surface area contributed by atoms with E-state index >= 15 is 0 Å². The van der Waals surface area contributed by atoms with Gasteiger partial charge in [-0.1, -0.05) is 41.5 Å². The van der Waals surface area contributed by atoms with Gasteiger partial charge in [-0.3, -0.25) is 9.69 Å². The Morgan fingerprint density at radius 3 is 2.56 bits per heavy atom. The van der Waals surface area contributed by atoms with E-state index in [4.69, 9.17) is 5.73 Å². The Balaban J connectivity index is 0.00000289. The fourth-order valence-electron chi connectivity index (χ4n) is 3.51. The zero-order chi connectivity index (χ0) is 21.8. The number of aryl methyl sites for hydroxylation is 1. The van der Waals surface area contributed by atoms with Gasteiger partial charge >= 0.3 is 0 Å². The van der Waals surface area contributed by atoms with Crippen molar-refractivity contribution in [3.8, 4) is 5.82 Å². The minimum absolute atomic E-state index is 0. The van der Waals surface area contributed by atoms with Gasteiger partial charge in [0.1, 0.15) is 5.69 Å². The molecule has 0 aliphatic carbocycles. The van der Waals surface area contributed by atoms with Gasteiger partial charge in [-0.15, -0.1) is 17.5 Å². The van der Waals surface area contributed by atoms with Gasteiger partial charge in [-0.2, -0.15) is 9.78 Å². The van der Waals surface area contributed by atoms with Crippen LogP contribution in [0.25, 0.3) is 5.82 Å². The molecule has 4 rings (SSSR count). The molecule has 1 fully saturated rings. The molecule has 12 heteroatoms. The van der Waals surface area contributed by atoms with Crippen molar-refractivity contribution in [1.29, 1.82) is 0 Å². The van der Waals surface area contributed by atoms with E-state index in [0.717, 1.165) is 37.1 Å². The molecule has 11 nitrogen and oxygen atoms in total. The van der Waals surface area contributed by atoms with Crippen molar-refractivity contribution < 1.29 is 9.42 Å². The number of rotatable bonds is 6. The number of piperidine rings is 1.